The van der Waals surface area contributed by atoms with Gasteiger partial charge in [-0.25, -0.2) is 8.42 Å². The molecule has 1 saturated heterocycles. The van der Waals surface area contributed by atoms with Crippen LogP contribution in [-0.2, 0) is 14.8 Å². The number of aliphatic carboxylic acids is 1. The summed E-state index contributed by atoms with van der Waals surface area (Å²) in [6.45, 7) is 3.52. The highest BCUT2D eigenvalue weighted by Crippen LogP contribution is 2.26. The topological polar surface area (TPSA) is 94.9 Å². The molecule has 1 aromatic rings. The molecule has 1 aromatic carbocycles. The molecule has 0 saturated carbocycles. The van der Waals surface area contributed by atoms with Gasteiger partial charge in [0.25, 0.3) is 0 Å². The van der Waals surface area contributed by atoms with E-state index in [4.69, 9.17) is 5.11 Å². The number of carbonyl (C=O) groups is 1. The average Bonchev–Trinajstić information content (AvgIpc) is 2.38. The van der Waals surface area contributed by atoms with Crippen molar-refractivity contribution in [2.75, 3.05) is 13.1 Å². The van der Waals surface area contributed by atoms with Crippen molar-refractivity contribution in [1.29, 1.82) is 0 Å². The third-order valence-electron chi connectivity index (χ3n) is 3.80. The van der Waals surface area contributed by atoms with E-state index in [1.54, 1.807) is 25.1 Å². The molecule has 0 aromatic heterocycles. The summed E-state index contributed by atoms with van der Waals surface area (Å²) >= 11 is 0. The fourth-order valence-electron chi connectivity index (χ4n) is 2.60. The summed E-state index contributed by atoms with van der Waals surface area (Å²) in [5.41, 5.74) is 1.59. The first-order valence-electron chi connectivity index (χ1n) is 6.71. The number of aliphatic hydroxyl groups excluding tert-OH is 1. The number of aliphatic hydroxyl groups is 1. The molecule has 1 aliphatic rings. The molecule has 0 spiro atoms. The second-order valence-electron chi connectivity index (χ2n) is 5.43. The van der Waals surface area contributed by atoms with Crippen LogP contribution in [0.3, 0.4) is 0 Å². The van der Waals surface area contributed by atoms with Crippen LogP contribution >= 0.6 is 0 Å². The molecule has 0 amide bonds. The minimum Gasteiger partial charge on any atom is -0.481 e. The summed E-state index contributed by atoms with van der Waals surface area (Å²) in [4.78, 5) is 11.3. The fraction of sp³-hybridized carbons (Fsp3) is 0.500. The predicted molar refractivity (Wildman–Crippen MR) is 76.4 cm³/mol. The lowest BCUT2D eigenvalue weighted by Gasteiger charge is -2.33. The van der Waals surface area contributed by atoms with Crippen LogP contribution in [0.2, 0.25) is 0 Å². The van der Waals surface area contributed by atoms with Gasteiger partial charge in [-0.3, -0.25) is 4.79 Å². The summed E-state index contributed by atoms with van der Waals surface area (Å²) in [5, 5.41) is 18.8. The van der Waals surface area contributed by atoms with Gasteiger partial charge in [-0.15, -0.1) is 0 Å². The van der Waals surface area contributed by atoms with E-state index in [0.29, 0.717) is 5.56 Å². The third kappa shape index (κ3) is 3.09. The quantitative estimate of drug-likeness (QED) is 0.859. The predicted octanol–water partition coefficient (Wildman–Crippen LogP) is 0.760. The number of hydrogen-bond donors (Lipinski definition) is 2. The zero-order chi connectivity index (χ0) is 15.8. The highest BCUT2D eigenvalue weighted by molar-refractivity contribution is 7.89. The monoisotopic (exact) mass is 313 g/mol. The van der Waals surface area contributed by atoms with E-state index in [9.17, 15) is 18.3 Å². The van der Waals surface area contributed by atoms with Crippen molar-refractivity contribution >= 4 is 16.0 Å². The first kappa shape index (κ1) is 15.9. The van der Waals surface area contributed by atoms with Gasteiger partial charge >= 0.3 is 5.97 Å². The Labute approximate surface area is 124 Å². The van der Waals surface area contributed by atoms with E-state index in [1.807, 2.05) is 6.92 Å². The Morgan fingerprint density at radius 2 is 2.00 bits per heavy atom. The lowest BCUT2D eigenvalue weighted by Crippen LogP contribution is -2.48. The highest BCUT2D eigenvalue weighted by Gasteiger charge is 2.38. The standard InChI is InChI=1S/C14H19NO5S/c1-9-3-4-13(10(2)7-9)21(19,20)15-6-5-12(16)11(8-15)14(17)18/h3-4,7,11-12,16H,5-6,8H2,1-2H3,(H,17,18)/t11-,12-/m0/s1. The first-order valence-corrected chi connectivity index (χ1v) is 8.16. The Morgan fingerprint density at radius 1 is 1.33 bits per heavy atom. The number of carboxylic acids is 1. The van der Waals surface area contributed by atoms with Gasteiger partial charge in [0.15, 0.2) is 0 Å². The van der Waals surface area contributed by atoms with Crippen LogP contribution in [-0.4, -0.2) is 48.1 Å². The van der Waals surface area contributed by atoms with Crippen LogP contribution in [0.1, 0.15) is 17.5 Å². The van der Waals surface area contributed by atoms with Crippen LogP contribution in [0, 0.1) is 19.8 Å². The van der Waals surface area contributed by atoms with E-state index >= 15 is 0 Å². The molecule has 0 unspecified atom stereocenters. The average molecular weight is 313 g/mol. The van der Waals surface area contributed by atoms with Crippen LogP contribution in [0.5, 0.6) is 0 Å². The van der Waals surface area contributed by atoms with E-state index in [2.05, 4.69) is 0 Å². The molecule has 0 radical (unpaired) electrons. The van der Waals surface area contributed by atoms with Gasteiger partial charge in [-0.05, 0) is 31.9 Å². The van der Waals surface area contributed by atoms with Crippen molar-refractivity contribution in [1.82, 2.24) is 4.31 Å². The highest BCUT2D eigenvalue weighted by atomic mass is 32.2. The lowest BCUT2D eigenvalue weighted by molar-refractivity contribution is -0.147. The third-order valence-corrected chi connectivity index (χ3v) is 5.83. The Balaban J connectivity index is 2.33. The summed E-state index contributed by atoms with van der Waals surface area (Å²) in [6.07, 6.45) is -0.880. The summed E-state index contributed by atoms with van der Waals surface area (Å²) in [5.74, 6) is -2.26. The molecule has 7 heteroatoms. The number of rotatable bonds is 3. The Kier molecular flexibility index (Phi) is 4.36. The molecular formula is C14H19NO5S. The number of benzene rings is 1. The maximum absolute atomic E-state index is 12.6. The molecule has 1 fully saturated rings. The molecule has 0 aliphatic carbocycles. The lowest BCUT2D eigenvalue weighted by atomic mass is 9.96. The summed E-state index contributed by atoms with van der Waals surface area (Å²) in [7, 11) is -3.74. The van der Waals surface area contributed by atoms with Gasteiger partial charge in [0.05, 0.1) is 16.9 Å². The van der Waals surface area contributed by atoms with E-state index < -0.39 is 28.0 Å². The molecule has 1 aliphatic heterocycles. The maximum atomic E-state index is 12.6. The van der Waals surface area contributed by atoms with Gasteiger partial charge < -0.3 is 10.2 Å². The van der Waals surface area contributed by atoms with Crippen LogP contribution in [0.4, 0.5) is 0 Å². The van der Waals surface area contributed by atoms with Crippen LogP contribution in [0.25, 0.3) is 0 Å². The van der Waals surface area contributed by atoms with Gasteiger partial charge in [-0.1, -0.05) is 17.7 Å². The number of piperidine rings is 1. The normalized spacial score (nSPS) is 24.0. The fourth-order valence-corrected chi connectivity index (χ4v) is 4.29. The van der Waals surface area contributed by atoms with E-state index in [0.717, 1.165) is 9.87 Å². The molecule has 6 nitrogen and oxygen atoms in total. The second-order valence-corrected chi connectivity index (χ2v) is 7.34. The van der Waals surface area contributed by atoms with Crippen molar-refractivity contribution in [3.8, 4) is 0 Å². The van der Waals surface area contributed by atoms with Crippen molar-refractivity contribution in [3.63, 3.8) is 0 Å². The van der Waals surface area contributed by atoms with Gasteiger partial charge in [0.1, 0.15) is 0 Å². The molecule has 0 bridgehead atoms. The summed E-state index contributed by atoms with van der Waals surface area (Å²) in [6, 6.07) is 5.04. The van der Waals surface area contributed by atoms with Gasteiger partial charge in [0.2, 0.25) is 10.0 Å². The Hall–Kier alpha value is -1.44. The minimum absolute atomic E-state index is 0.126. The molecule has 2 rings (SSSR count). The Morgan fingerprint density at radius 3 is 2.57 bits per heavy atom. The smallest absolute Gasteiger partial charge is 0.310 e. The molecular weight excluding hydrogens is 294 g/mol. The second kappa shape index (κ2) is 5.75. The SMILES string of the molecule is Cc1ccc(S(=O)(=O)N2CC[C@H](O)[C@@H](C(=O)O)C2)c(C)c1. The molecule has 116 valence electrons. The molecule has 1 heterocycles. The van der Waals surface area contributed by atoms with Crippen LogP contribution < -0.4 is 0 Å². The number of hydrogen-bond acceptors (Lipinski definition) is 4. The molecule has 2 N–H and O–H groups in total. The number of carboxylic acid groups (broad SMARTS) is 1. The number of sulfonamides is 1. The van der Waals surface area contributed by atoms with Crippen LogP contribution in [0.15, 0.2) is 23.1 Å². The van der Waals surface area contributed by atoms with E-state index in [1.165, 1.54) is 0 Å². The van der Waals surface area contributed by atoms with Crippen molar-refractivity contribution in [2.24, 2.45) is 5.92 Å². The van der Waals surface area contributed by atoms with Crippen molar-refractivity contribution < 1.29 is 23.4 Å². The van der Waals surface area contributed by atoms with Crippen molar-refractivity contribution in [3.05, 3.63) is 29.3 Å². The number of aryl methyl sites for hydroxylation is 2. The van der Waals surface area contributed by atoms with Gasteiger partial charge in [-0.2, -0.15) is 4.31 Å². The molecule has 2 atom stereocenters. The zero-order valence-corrected chi connectivity index (χ0v) is 12.8. The van der Waals surface area contributed by atoms with Crippen molar-refractivity contribution in [2.45, 2.75) is 31.3 Å². The zero-order valence-electron chi connectivity index (χ0n) is 12.0. The number of nitrogens with zero attached hydrogens (tertiary/aromatic N) is 1. The van der Waals surface area contributed by atoms with E-state index in [-0.39, 0.29) is 24.4 Å². The first-order chi connectivity index (χ1) is 9.73. The molecule has 21 heavy (non-hydrogen) atoms. The Bertz CT molecular complexity index is 655. The maximum Gasteiger partial charge on any atom is 0.310 e. The summed E-state index contributed by atoms with van der Waals surface area (Å²) < 4.78 is 26.4. The largest absolute Gasteiger partial charge is 0.481 e. The minimum atomic E-state index is -3.74. The van der Waals surface area contributed by atoms with Gasteiger partial charge in [0, 0.05) is 13.1 Å².